The molecule has 4 rings (SSSR count). The van der Waals surface area contributed by atoms with Gasteiger partial charge in [0.25, 0.3) is 0 Å². The maximum atomic E-state index is 12.1. The molecule has 0 aliphatic rings. The predicted octanol–water partition coefficient (Wildman–Crippen LogP) is 11.7. The van der Waals surface area contributed by atoms with Crippen LogP contribution in [0.5, 0.6) is 0 Å². The second-order valence-electron chi connectivity index (χ2n) is 13.0. The van der Waals surface area contributed by atoms with E-state index in [1.54, 1.807) is 6.92 Å². The molecule has 3 heterocycles. The number of hydrogen-bond acceptors (Lipinski definition) is 2. The molecule has 234 valence electrons. The van der Waals surface area contributed by atoms with E-state index in [4.69, 9.17) is 4.42 Å². The second-order valence-corrected chi connectivity index (χ2v) is 13.0. The highest BCUT2D eigenvalue weighted by atomic mass is 16.3. The first-order chi connectivity index (χ1) is 20.8. The summed E-state index contributed by atoms with van der Waals surface area (Å²) in [6, 6.07) is 10.9. The number of Topliss-reactive ketones (excluding diaryl/α,β-unsaturated/α-hetero) is 1. The van der Waals surface area contributed by atoms with E-state index in [0.717, 1.165) is 45.8 Å². The van der Waals surface area contributed by atoms with Crippen LogP contribution in [0.25, 0.3) is 22.2 Å². The summed E-state index contributed by atoms with van der Waals surface area (Å²) in [6.45, 7) is 13.5. The molecule has 4 heteroatoms. The monoisotopic (exact) mass is 584 g/mol. The largest absolute Gasteiger partial charge is 0.461 e. The minimum atomic E-state index is 0.106. The second kappa shape index (κ2) is 16.2. The molecule has 43 heavy (non-hydrogen) atoms. The topological polar surface area (TPSA) is 50.9 Å². The average molecular weight is 585 g/mol. The van der Waals surface area contributed by atoms with Crippen LogP contribution < -0.4 is 0 Å². The van der Waals surface area contributed by atoms with Crippen LogP contribution in [0.4, 0.5) is 0 Å². The van der Waals surface area contributed by atoms with Crippen LogP contribution in [0.1, 0.15) is 148 Å². The fourth-order valence-corrected chi connectivity index (χ4v) is 7.06. The van der Waals surface area contributed by atoms with Gasteiger partial charge in [-0.3, -0.25) is 4.79 Å². The fraction of sp³-hybridized carbons (Fsp3) is 0.564. The minimum Gasteiger partial charge on any atom is -0.461 e. The molecule has 1 N–H and O–H groups in total. The number of nitrogens with zero attached hydrogens (tertiary/aromatic N) is 1. The molecule has 0 saturated carbocycles. The number of aromatic amines is 1. The third kappa shape index (κ3) is 8.55. The molecular weight excluding hydrogens is 528 g/mol. The normalized spacial score (nSPS) is 11.7. The summed E-state index contributed by atoms with van der Waals surface area (Å²) < 4.78 is 8.88. The number of ketones is 1. The minimum absolute atomic E-state index is 0.106. The maximum Gasteiger partial charge on any atom is 0.161 e. The fourth-order valence-electron chi connectivity index (χ4n) is 7.06. The number of carbonyl (C=O) groups excluding carboxylic acids is 1. The van der Waals surface area contributed by atoms with Crippen molar-refractivity contribution in [3.8, 4) is 11.3 Å². The molecular formula is C39H56N2O2. The summed E-state index contributed by atoms with van der Waals surface area (Å²) in [5.41, 5.74) is 9.95. The Morgan fingerprint density at radius 2 is 1.42 bits per heavy atom. The van der Waals surface area contributed by atoms with Crippen LogP contribution >= 0.6 is 0 Å². The quantitative estimate of drug-likeness (QED) is 0.0880. The van der Waals surface area contributed by atoms with Gasteiger partial charge in [-0.15, -0.1) is 0 Å². The Morgan fingerprint density at radius 1 is 0.814 bits per heavy atom. The van der Waals surface area contributed by atoms with Crippen molar-refractivity contribution in [3.63, 3.8) is 0 Å². The van der Waals surface area contributed by atoms with Gasteiger partial charge in [-0.2, -0.15) is 0 Å². The van der Waals surface area contributed by atoms with Crippen molar-refractivity contribution < 1.29 is 9.21 Å². The van der Waals surface area contributed by atoms with Gasteiger partial charge in [0, 0.05) is 46.6 Å². The average Bonchev–Trinajstić information content (AvgIpc) is 3.60. The summed E-state index contributed by atoms with van der Waals surface area (Å²) in [5, 5.41) is 1.16. The molecule has 0 amide bonds. The van der Waals surface area contributed by atoms with Crippen molar-refractivity contribution in [2.24, 2.45) is 0 Å². The van der Waals surface area contributed by atoms with Gasteiger partial charge in [0.15, 0.2) is 5.78 Å². The van der Waals surface area contributed by atoms with E-state index in [1.165, 1.54) is 112 Å². The van der Waals surface area contributed by atoms with Crippen LogP contribution in [-0.2, 0) is 13.0 Å². The van der Waals surface area contributed by atoms with Gasteiger partial charge in [0.2, 0.25) is 0 Å². The van der Waals surface area contributed by atoms with Crippen LogP contribution in [0.15, 0.2) is 34.7 Å². The number of fused-ring (bicyclic) bond motifs is 1. The highest BCUT2D eigenvalue weighted by Crippen LogP contribution is 2.36. The first-order valence-electron chi connectivity index (χ1n) is 17.2. The van der Waals surface area contributed by atoms with Crippen molar-refractivity contribution >= 4 is 16.8 Å². The Balaban J connectivity index is 1.32. The Labute approximate surface area is 260 Å². The Hall–Kier alpha value is -3.01. The van der Waals surface area contributed by atoms with E-state index >= 15 is 0 Å². The molecule has 4 aromatic rings. The molecule has 0 saturated heterocycles. The molecule has 0 atom stereocenters. The van der Waals surface area contributed by atoms with Crippen LogP contribution in [0.2, 0.25) is 0 Å². The molecule has 0 radical (unpaired) electrons. The summed E-state index contributed by atoms with van der Waals surface area (Å²) in [5.74, 6) is 1.02. The first kappa shape index (κ1) is 32.9. The number of aromatic nitrogens is 2. The maximum absolute atomic E-state index is 12.1. The third-order valence-electron chi connectivity index (χ3n) is 9.34. The van der Waals surface area contributed by atoms with E-state index in [2.05, 4.69) is 60.7 Å². The lowest BCUT2D eigenvalue weighted by molar-refractivity contribution is 0.101. The Bertz CT molecular complexity index is 1460. The van der Waals surface area contributed by atoms with Gasteiger partial charge < -0.3 is 14.0 Å². The van der Waals surface area contributed by atoms with Gasteiger partial charge in [-0.25, -0.2) is 0 Å². The summed E-state index contributed by atoms with van der Waals surface area (Å²) in [6.07, 6.45) is 20.0. The molecule has 0 bridgehead atoms. The molecule has 0 fully saturated rings. The van der Waals surface area contributed by atoms with Crippen molar-refractivity contribution in [2.45, 2.75) is 144 Å². The molecule has 0 aliphatic heterocycles. The molecule has 0 aliphatic carbocycles. The number of benzene rings is 1. The number of aryl methyl sites for hydroxylation is 3. The molecule has 0 spiro atoms. The Kier molecular flexibility index (Phi) is 12.4. The van der Waals surface area contributed by atoms with Crippen molar-refractivity contribution in [1.82, 2.24) is 9.55 Å². The number of carbonyl (C=O) groups is 1. The molecule has 0 unspecified atom stereocenters. The van der Waals surface area contributed by atoms with E-state index in [1.807, 2.05) is 13.8 Å². The van der Waals surface area contributed by atoms with E-state index < -0.39 is 0 Å². The smallest absolute Gasteiger partial charge is 0.161 e. The number of unbranched alkanes of at least 4 members (excludes halogenated alkanes) is 13. The Morgan fingerprint density at radius 3 is 2.00 bits per heavy atom. The van der Waals surface area contributed by atoms with Crippen molar-refractivity contribution in [1.29, 1.82) is 0 Å². The number of H-pyrrole nitrogens is 1. The van der Waals surface area contributed by atoms with Gasteiger partial charge >= 0.3 is 0 Å². The standard InChI is InChI=1S/C39H56N2O2/c1-7-8-9-10-11-12-13-14-15-16-17-18-19-20-24-41-29(3)25-28(2)39(41)34-22-21-23-37-35(34)26-33(43-37)27-36-30(4)38(32(6)42)31(5)40-36/h21-23,25-26,40H,7-20,24,27H2,1-6H3. The summed E-state index contributed by atoms with van der Waals surface area (Å²) in [7, 11) is 0. The molecule has 3 aromatic heterocycles. The van der Waals surface area contributed by atoms with Crippen LogP contribution in [-0.4, -0.2) is 15.3 Å². The van der Waals surface area contributed by atoms with Crippen molar-refractivity contribution in [2.75, 3.05) is 0 Å². The van der Waals surface area contributed by atoms with Gasteiger partial charge in [-0.05, 0) is 70.4 Å². The van der Waals surface area contributed by atoms with E-state index in [9.17, 15) is 4.79 Å². The molecule has 4 nitrogen and oxygen atoms in total. The van der Waals surface area contributed by atoms with Gasteiger partial charge in [0.05, 0.1) is 5.69 Å². The first-order valence-corrected chi connectivity index (χ1v) is 17.2. The zero-order valence-electron chi connectivity index (χ0n) is 28.0. The van der Waals surface area contributed by atoms with Crippen LogP contribution in [0.3, 0.4) is 0 Å². The zero-order valence-corrected chi connectivity index (χ0v) is 28.0. The number of rotatable bonds is 19. The summed E-state index contributed by atoms with van der Waals surface area (Å²) in [4.78, 5) is 15.6. The number of furan rings is 1. The third-order valence-corrected chi connectivity index (χ3v) is 9.34. The summed E-state index contributed by atoms with van der Waals surface area (Å²) >= 11 is 0. The highest BCUT2D eigenvalue weighted by molar-refractivity contribution is 5.97. The van der Waals surface area contributed by atoms with E-state index in [-0.39, 0.29) is 5.78 Å². The van der Waals surface area contributed by atoms with Crippen LogP contribution in [0, 0.1) is 27.7 Å². The van der Waals surface area contributed by atoms with E-state index in [0.29, 0.717) is 6.42 Å². The lowest BCUT2D eigenvalue weighted by Crippen LogP contribution is -2.03. The predicted molar refractivity (Wildman–Crippen MR) is 183 cm³/mol. The van der Waals surface area contributed by atoms with Crippen molar-refractivity contribution in [3.05, 3.63) is 69.9 Å². The number of nitrogens with one attached hydrogen (secondary N) is 1. The lowest BCUT2D eigenvalue weighted by Gasteiger charge is -2.14. The lowest BCUT2D eigenvalue weighted by atomic mass is 10.0. The number of hydrogen-bond donors (Lipinski definition) is 1. The van der Waals surface area contributed by atoms with Gasteiger partial charge in [0.1, 0.15) is 11.3 Å². The SMILES string of the molecule is CCCCCCCCCCCCCCCCn1c(C)cc(C)c1-c1cccc2oc(Cc3[nH]c(C)c(C(C)=O)c3C)cc12. The highest BCUT2D eigenvalue weighted by Gasteiger charge is 2.19. The molecule has 1 aromatic carbocycles. The zero-order chi connectivity index (χ0) is 30.8. The van der Waals surface area contributed by atoms with Gasteiger partial charge in [-0.1, -0.05) is 103 Å².